The van der Waals surface area contributed by atoms with Gasteiger partial charge in [0.2, 0.25) is 11.8 Å². The Morgan fingerprint density at radius 3 is 2.17 bits per heavy atom. The van der Waals surface area contributed by atoms with Gasteiger partial charge in [0.25, 0.3) is 0 Å². The lowest BCUT2D eigenvalue weighted by Crippen LogP contribution is -2.65. The molecule has 10 nitrogen and oxygen atoms in total. The molecule has 2 amide bonds. The first kappa shape index (κ1) is 41.3. The monoisotopic (exact) mass is 740 g/mol. The van der Waals surface area contributed by atoms with E-state index in [9.17, 15) is 24.0 Å². The number of rotatable bonds is 14. The quantitative estimate of drug-likeness (QED) is 0.0797. The Labute approximate surface area is 317 Å². The summed E-state index contributed by atoms with van der Waals surface area (Å²) < 4.78 is 6.12. The molecule has 0 radical (unpaired) electrons. The molecule has 0 heterocycles. The van der Waals surface area contributed by atoms with Crippen molar-refractivity contribution in [3.8, 4) is 0 Å². The van der Waals surface area contributed by atoms with Gasteiger partial charge in [-0.1, -0.05) is 66.5 Å². The van der Waals surface area contributed by atoms with E-state index in [1.54, 1.807) is 0 Å². The number of carbonyl (C=O) groups is 5. The van der Waals surface area contributed by atoms with Crippen LogP contribution < -0.4 is 10.6 Å². The highest BCUT2D eigenvalue weighted by molar-refractivity contribution is 5.84. The van der Waals surface area contributed by atoms with Gasteiger partial charge in [-0.25, -0.2) is 0 Å². The summed E-state index contributed by atoms with van der Waals surface area (Å²) in [6.07, 6.45) is 15.2. The topological polar surface area (TPSA) is 159 Å². The van der Waals surface area contributed by atoms with Crippen molar-refractivity contribution in [1.82, 2.24) is 10.6 Å². The van der Waals surface area contributed by atoms with Gasteiger partial charge in [0.05, 0.1) is 5.41 Å². The van der Waals surface area contributed by atoms with E-state index in [1.807, 2.05) is 0 Å². The molecule has 0 bridgehead atoms. The van der Waals surface area contributed by atoms with Crippen molar-refractivity contribution in [2.75, 3.05) is 13.1 Å². The average molecular weight is 741 g/mol. The van der Waals surface area contributed by atoms with Crippen LogP contribution in [0.2, 0.25) is 0 Å². The Hall–Kier alpha value is -2.91. The fourth-order valence-corrected chi connectivity index (χ4v) is 12.7. The number of esters is 1. The molecule has 3 unspecified atom stereocenters. The van der Waals surface area contributed by atoms with Crippen LogP contribution in [0.3, 0.4) is 0 Å². The predicted octanol–water partition coefficient (Wildman–Crippen LogP) is 7.83. The summed E-state index contributed by atoms with van der Waals surface area (Å²) >= 11 is 0. The second kappa shape index (κ2) is 15.3. The van der Waals surface area contributed by atoms with Crippen molar-refractivity contribution in [3.63, 3.8) is 0 Å². The zero-order chi connectivity index (χ0) is 39.0. The fourth-order valence-electron chi connectivity index (χ4n) is 12.7. The molecule has 4 N–H and O–H groups in total. The summed E-state index contributed by atoms with van der Waals surface area (Å²) in [4.78, 5) is 60.8. The van der Waals surface area contributed by atoms with Crippen LogP contribution in [0.25, 0.3) is 0 Å². The van der Waals surface area contributed by atoms with Crippen LogP contribution >= 0.6 is 0 Å². The molecule has 53 heavy (non-hydrogen) atoms. The highest BCUT2D eigenvalue weighted by Crippen LogP contribution is 2.75. The lowest BCUT2D eigenvalue weighted by atomic mass is 9.33. The third kappa shape index (κ3) is 7.81. The van der Waals surface area contributed by atoms with Crippen LogP contribution in [0.15, 0.2) is 11.6 Å². The van der Waals surface area contributed by atoms with Gasteiger partial charge in [0.1, 0.15) is 12.6 Å². The molecular formula is C43H68N2O8. The highest BCUT2D eigenvalue weighted by atomic mass is 16.5. The van der Waals surface area contributed by atoms with E-state index in [1.165, 1.54) is 5.57 Å². The molecule has 0 aromatic heterocycles. The summed E-state index contributed by atoms with van der Waals surface area (Å²) in [5.74, 6) is -1.19. The smallest absolute Gasteiger partial charge is 0.322 e. The summed E-state index contributed by atoms with van der Waals surface area (Å²) in [7, 11) is 0. The molecule has 0 aliphatic heterocycles. The molecule has 5 rings (SSSR count). The normalized spacial score (nSPS) is 36.6. The lowest BCUT2D eigenvalue weighted by Gasteiger charge is -2.71. The van der Waals surface area contributed by atoms with E-state index < -0.39 is 17.4 Å². The molecule has 0 aromatic rings. The molecule has 8 atom stereocenters. The van der Waals surface area contributed by atoms with Gasteiger partial charge in [-0.15, -0.1) is 0 Å². The first-order valence-electron chi connectivity index (χ1n) is 20.6. The van der Waals surface area contributed by atoms with Gasteiger partial charge < -0.3 is 25.6 Å². The standard InChI is InChI=1S/C43H68N2O8/c1-38(2)21-23-43(37(52)44-25-10-8-9-12-33(46)45-27-35(49)50)24-22-41(6)28(29(43)26-38)15-16-31-40(5)19-18-32(53-36(51)14-11-13-34(47)48)39(3,4)30(40)17-20-42(31,41)7/h15,29-32H,8-14,16-27H2,1-7H3,(H,44,52)(H,45,46)(H,47,48)(H,49,50)/t29?,30?,31?,32-,40-,41+,42+,43-/m0/s1. The second-order valence-corrected chi connectivity index (χ2v) is 19.7. The minimum atomic E-state index is -1.05. The Bertz CT molecular complexity index is 1470. The number of unbranched alkanes of at least 4 members (excludes halogenated alkanes) is 2. The number of carbonyl (C=O) groups excluding carboxylic acids is 3. The van der Waals surface area contributed by atoms with Crippen LogP contribution in [0.5, 0.6) is 0 Å². The molecule has 5 aliphatic carbocycles. The summed E-state index contributed by atoms with van der Waals surface area (Å²) in [5.41, 5.74) is 1.25. The summed E-state index contributed by atoms with van der Waals surface area (Å²) in [5, 5.41) is 23.5. The van der Waals surface area contributed by atoms with Crippen LogP contribution in [-0.2, 0) is 28.7 Å². The van der Waals surface area contributed by atoms with Crippen molar-refractivity contribution in [1.29, 1.82) is 0 Å². The number of hydrogen-bond donors (Lipinski definition) is 4. The number of nitrogens with one attached hydrogen (secondary N) is 2. The van der Waals surface area contributed by atoms with Gasteiger partial charge in [-0.2, -0.15) is 0 Å². The summed E-state index contributed by atoms with van der Waals surface area (Å²) in [6, 6.07) is 0. The molecule has 4 fully saturated rings. The van der Waals surface area contributed by atoms with Gasteiger partial charge in [0, 0.05) is 31.2 Å². The van der Waals surface area contributed by atoms with Gasteiger partial charge in [-0.3, -0.25) is 24.0 Å². The van der Waals surface area contributed by atoms with E-state index in [-0.39, 0.29) is 82.7 Å². The van der Waals surface area contributed by atoms with Gasteiger partial charge in [0.15, 0.2) is 0 Å². The first-order valence-corrected chi connectivity index (χ1v) is 20.6. The number of carboxylic acid groups (broad SMARTS) is 2. The van der Waals surface area contributed by atoms with Crippen LogP contribution in [0, 0.1) is 50.2 Å². The number of carboxylic acids is 2. The zero-order valence-electron chi connectivity index (χ0n) is 33.7. The summed E-state index contributed by atoms with van der Waals surface area (Å²) in [6.45, 7) is 17.1. The van der Waals surface area contributed by atoms with E-state index >= 15 is 0 Å². The third-order valence-corrected chi connectivity index (χ3v) is 15.9. The minimum absolute atomic E-state index is 0.00935. The first-order chi connectivity index (χ1) is 24.7. The molecule has 0 spiro atoms. The van der Waals surface area contributed by atoms with E-state index in [2.05, 4.69) is 65.2 Å². The molecular weight excluding hydrogens is 672 g/mol. The van der Waals surface area contributed by atoms with Crippen LogP contribution in [0.1, 0.15) is 158 Å². The van der Waals surface area contributed by atoms with E-state index in [4.69, 9.17) is 14.9 Å². The zero-order valence-corrected chi connectivity index (χ0v) is 33.7. The number of fused-ring (bicyclic) bond motifs is 7. The maximum atomic E-state index is 14.4. The number of amides is 2. The van der Waals surface area contributed by atoms with Crippen molar-refractivity contribution >= 4 is 29.7 Å². The SMILES string of the molecule is CC1(C)CC[C@]2(C(=O)NCCCCCC(=O)NCC(=O)O)CC[C@]3(C)C(=CCC4[C@@]5(C)CC[C@H](OC(=O)CCCC(=O)O)C(C)(C)C5CC[C@]43C)C2C1. The molecule has 0 saturated heterocycles. The molecule has 5 aliphatic rings. The lowest BCUT2D eigenvalue weighted by molar-refractivity contribution is -0.213. The van der Waals surface area contributed by atoms with Crippen molar-refractivity contribution in [2.24, 2.45) is 50.2 Å². The van der Waals surface area contributed by atoms with Gasteiger partial charge in [-0.05, 0) is 123 Å². The minimum Gasteiger partial charge on any atom is -0.481 e. The maximum absolute atomic E-state index is 14.4. The number of ether oxygens (including phenoxy) is 1. The number of allylic oxidation sites excluding steroid dienone is 2. The van der Waals surface area contributed by atoms with Crippen LogP contribution in [-0.4, -0.2) is 59.1 Å². The van der Waals surface area contributed by atoms with Gasteiger partial charge >= 0.3 is 17.9 Å². The second-order valence-electron chi connectivity index (χ2n) is 19.7. The Kier molecular flexibility index (Phi) is 11.9. The molecule has 4 saturated carbocycles. The average Bonchev–Trinajstić information content (AvgIpc) is 3.06. The Morgan fingerprint density at radius 1 is 0.755 bits per heavy atom. The van der Waals surface area contributed by atoms with Crippen LogP contribution in [0.4, 0.5) is 0 Å². The third-order valence-electron chi connectivity index (χ3n) is 15.9. The Balaban J connectivity index is 1.30. The number of hydrogen-bond acceptors (Lipinski definition) is 6. The van der Waals surface area contributed by atoms with Crippen molar-refractivity contribution in [2.45, 2.75) is 164 Å². The fraction of sp³-hybridized carbons (Fsp3) is 0.837. The maximum Gasteiger partial charge on any atom is 0.322 e. The predicted molar refractivity (Wildman–Crippen MR) is 203 cm³/mol. The number of aliphatic carboxylic acids is 2. The Morgan fingerprint density at radius 2 is 1.47 bits per heavy atom. The molecule has 0 aromatic carbocycles. The largest absolute Gasteiger partial charge is 0.481 e. The van der Waals surface area contributed by atoms with Crippen molar-refractivity contribution in [3.05, 3.63) is 11.6 Å². The highest BCUT2D eigenvalue weighted by Gasteiger charge is 2.69. The van der Waals surface area contributed by atoms with E-state index in [0.29, 0.717) is 31.2 Å². The van der Waals surface area contributed by atoms with E-state index in [0.717, 1.165) is 77.0 Å². The molecule has 298 valence electrons. The van der Waals surface area contributed by atoms with Crippen molar-refractivity contribution < 1.29 is 38.9 Å². The molecule has 10 heteroatoms.